The third-order valence-corrected chi connectivity index (χ3v) is 2.61. The Morgan fingerprint density at radius 1 is 1.21 bits per heavy atom. The Morgan fingerprint density at radius 3 is 2.29 bits per heavy atom. The van der Waals surface area contributed by atoms with Gasteiger partial charge in [0.05, 0.1) is 7.11 Å². The van der Waals surface area contributed by atoms with Crippen LogP contribution >= 0.6 is 0 Å². The molecule has 0 aromatic heterocycles. The van der Waals surface area contributed by atoms with Crippen molar-refractivity contribution in [2.45, 2.75) is 19.3 Å². The summed E-state index contributed by atoms with van der Waals surface area (Å²) in [6, 6.07) is 7.15. The van der Waals surface area contributed by atoms with Crippen molar-refractivity contribution in [2.75, 3.05) is 7.11 Å². The van der Waals surface area contributed by atoms with E-state index in [-0.39, 0.29) is 0 Å². The van der Waals surface area contributed by atoms with E-state index in [9.17, 15) is 0 Å². The van der Waals surface area contributed by atoms with Gasteiger partial charge < -0.3 is 9.84 Å². The highest BCUT2D eigenvalue weighted by Crippen LogP contribution is 2.34. The molecule has 14 heavy (non-hydrogen) atoms. The minimum atomic E-state index is 0.294. The molecule has 74 valence electrons. The fourth-order valence-electron chi connectivity index (χ4n) is 1.66. The van der Waals surface area contributed by atoms with E-state index in [1.165, 1.54) is 12.0 Å². The highest BCUT2D eigenvalue weighted by atomic mass is 16.5. The number of ether oxygens (including phenoxy) is 1. The molecule has 0 spiro atoms. The van der Waals surface area contributed by atoms with E-state index in [1.807, 2.05) is 12.1 Å². The van der Waals surface area contributed by atoms with Crippen LogP contribution in [0.4, 0.5) is 0 Å². The lowest BCUT2D eigenvalue weighted by Gasteiger charge is -2.21. The summed E-state index contributed by atoms with van der Waals surface area (Å²) in [6.07, 6.45) is 3.55. The minimum absolute atomic E-state index is 0.294. The number of benzene rings is 1. The van der Waals surface area contributed by atoms with E-state index in [0.717, 1.165) is 24.2 Å². The Morgan fingerprint density at radius 2 is 1.86 bits per heavy atom. The van der Waals surface area contributed by atoms with Crippen molar-refractivity contribution in [3.63, 3.8) is 0 Å². The summed E-state index contributed by atoms with van der Waals surface area (Å²) in [6.45, 7) is 0. The van der Waals surface area contributed by atoms with E-state index in [1.54, 1.807) is 19.2 Å². The molecule has 0 amide bonds. The monoisotopic (exact) mass is 190 g/mol. The van der Waals surface area contributed by atoms with Crippen molar-refractivity contribution in [3.8, 4) is 5.75 Å². The summed E-state index contributed by atoms with van der Waals surface area (Å²) in [4.78, 5) is 0. The Hall–Kier alpha value is -1.44. The lowest BCUT2D eigenvalue weighted by Crippen LogP contribution is -2.02. The van der Waals surface area contributed by atoms with Gasteiger partial charge in [-0.3, -0.25) is 0 Å². The van der Waals surface area contributed by atoms with E-state index in [2.05, 4.69) is 0 Å². The average molecular weight is 190 g/mol. The second-order valence-electron chi connectivity index (χ2n) is 3.54. The van der Waals surface area contributed by atoms with Gasteiger partial charge in [-0.05, 0) is 49.1 Å². The SMILES string of the molecule is COC(=C1CCC1)c1ccc(O)cc1. The molecule has 0 saturated heterocycles. The van der Waals surface area contributed by atoms with Crippen LogP contribution in [0, 0.1) is 0 Å². The van der Waals surface area contributed by atoms with Crippen LogP contribution in [0.15, 0.2) is 29.8 Å². The maximum atomic E-state index is 9.16. The zero-order valence-electron chi connectivity index (χ0n) is 8.29. The largest absolute Gasteiger partial charge is 0.508 e. The van der Waals surface area contributed by atoms with Crippen molar-refractivity contribution >= 4 is 5.76 Å². The number of phenols is 1. The fourth-order valence-corrected chi connectivity index (χ4v) is 1.66. The zero-order chi connectivity index (χ0) is 9.97. The average Bonchev–Trinajstić information content (AvgIpc) is 2.13. The van der Waals surface area contributed by atoms with Crippen LogP contribution in [0.3, 0.4) is 0 Å². The number of methoxy groups -OCH3 is 1. The van der Waals surface area contributed by atoms with Crippen LogP contribution in [0.1, 0.15) is 24.8 Å². The van der Waals surface area contributed by atoms with Gasteiger partial charge in [0.15, 0.2) is 0 Å². The van der Waals surface area contributed by atoms with E-state index in [0.29, 0.717) is 5.75 Å². The molecule has 2 heteroatoms. The third kappa shape index (κ3) is 1.60. The van der Waals surface area contributed by atoms with Gasteiger partial charge in [0.1, 0.15) is 11.5 Å². The first kappa shape index (κ1) is 9.13. The van der Waals surface area contributed by atoms with Crippen molar-refractivity contribution in [1.29, 1.82) is 0 Å². The standard InChI is InChI=1S/C12H14O2/c1-14-12(9-3-2-4-9)10-5-7-11(13)8-6-10/h5-8,13H,2-4H2,1H3. The van der Waals surface area contributed by atoms with Gasteiger partial charge >= 0.3 is 0 Å². The van der Waals surface area contributed by atoms with Crippen LogP contribution < -0.4 is 0 Å². The molecule has 1 aliphatic carbocycles. The minimum Gasteiger partial charge on any atom is -0.508 e. The van der Waals surface area contributed by atoms with Gasteiger partial charge in [-0.2, -0.15) is 0 Å². The molecule has 1 aromatic carbocycles. The molecule has 0 radical (unpaired) electrons. The van der Waals surface area contributed by atoms with Gasteiger partial charge in [-0.25, -0.2) is 0 Å². The summed E-state index contributed by atoms with van der Waals surface area (Å²) in [5, 5.41) is 9.16. The molecule has 2 rings (SSSR count). The Labute approximate surface area is 83.8 Å². The molecule has 1 N–H and O–H groups in total. The number of rotatable bonds is 2. The molecule has 1 fully saturated rings. The smallest absolute Gasteiger partial charge is 0.125 e. The number of phenolic OH excluding ortho intramolecular Hbond substituents is 1. The first-order chi connectivity index (χ1) is 6.81. The normalized spacial score (nSPS) is 14.8. The summed E-state index contributed by atoms with van der Waals surface area (Å²) < 4.78 is 5.38. The number of hydrogen-bond donors (Lipinski definition) is 1. The maximum absolute atomic E-state index is 9.16. The van der Waals surface area contributed by atoms with Crippen molar-refractivity contribution in [1.82, 2.24) is 0 Å². The molecular weight excluding hydrogens is 176 g/mol. The molecular formula is C12H14O2. The van der Waals surface area contributed by atoms with Crippen LogP contribution in [-0.2, 0) is 4.74 Å². The number of aromatic hydroxyl groups is 1. The third-order valence-electron chi connectivity index (χ3n) is 2.61. The summed E-state index contributed by atoms with van der Waals surface area (Å²) >= 11 is 0. The van der Waals surface area contributed by atoms with Crippen LogP contribution in [0.25, 0.3) is 5.76 Å². The van der Waals surface area contributed by atoms with Crippen LogP contribution in [0.2, 0.25) is 0 Å². The second kappa shape index (κ2) is 3.74. The molecule has 1 aromatic rings. The number of allylic oxidation sites excluding steroid dienone is 1. The molecule has 0 unspecified atom stereocenters. The highest BCUT2D eigenvalue weighted by Gasteiger charge is 2.16. The van der Waals surface area contributed by atoms with Gasteiger partial charge in [0, 0.05) is 5.56 Å². The molecule has 0 atom stereocenters. The zero-order valence-corrected chi connectivity index (χ0v) is 8.29. The summed E-state index contributed by atoms with van der Waals surface area (Å²) in [7, 11) is 1.70. The Kier molecular flexibility index (Phi) is 2.44. The van der Waals surface area contributed by atoms with Gasteiger partial charge in [-0.15, -0.1) is 0 Å². The quantitative estimate of drug-likeness (QED) is 0.726. The maximum Gasteiger partial charge on any atom is 0.125 e. The van der Waals surface area contributed by atoms with E-state index in [4.69, 9.17) is 9.84 Å². The van der Waals surface area contributed by atoms with Crippen molar-refractivity contribution in [3.05, 3.63) is 35.4 Å². The molecule has 0 heterocycles. The van der Waals surface area contributed by atoms with Gasteiger partial charge in [0.2, 0.25) is 0 Å². The molecule has 1 saturated carbocycles. The van der Waals surface area contributed by atoms with E-state index >= 15 is 0 Å². The first-order valence-corrected chi connectivity index (χ1v) is 4.86. The lowest BCUT2D eigenvalue weighted by molar-refractivity contribution is 0.359. The predicted octanol–water partition coefficient (Wildman–Crippen LogP) is 2.93. The molecule has 0 aliphatic heterocycles. The van der Waals surface area contributed by atoms with Crippen LogP contribution in [0.5, 0.6) is 5.75 Å². The van der Waals surface area contributed by atoms with Crippen LogP contribution in [-0.4, -0.2) is 12.2 Å². The van der Waals surface area contributed by atoms with Gasteiger partial charge in [0.25, 0.3) is 0 Å². The molecule has 2 nitrogen and oxygen atoms in total. The van der Waals surface area contributed by atoms with Crippen molar-refractivity contribution in [2.24, 2.45) is 0 Å². The summed E-state index contributed by atoms with van der Waals surface area (Å²) in [5.74, 6) is 1.28. The van der Waals surface area contributed by atoms with E-state index < -0.39 is 0 Å². The predicted molar refractivity (Wildman–Crippen MR) is 55.9 cm³/mol. The second-order valence-corrected chi connectivity index (χ2v) is 3.54. The van der Waals surface area contributed by atoms with Gasteiger partial charge in [-0.1, -0.05) is 0 Å². The lowest BCUT2D eigenvalue weighted by atomic mass is 9.89. The fraction of sp³-hybridized carbons (Fsp3) is 0.333. The van der Waals surface area contributed by atoms with Crippen molar-refractivity contribution < 1.29 is 9.84 Å². The molecule has 1 aliphatic rings. The topological polar surface area (TPSA) is 29.5 Å². The Balaban J connectivity index is 2.32. The first-order valence-electron chi connectivity index (χ1n) is 4.86. The Bertz CT molecular complexity index is 343. The molecule has 0 bridgehead atoms. The summed E-state index contributed by atoms with van der Waals surface area (Å²) in [5.41, 5.74) is 2.44. The number of hydrogen-bond acceptors (Lipinski definition) is 2. The highest BCUT2D eigenvalue weighted by molar-refractivity contribution is 5.64.